The van der Waals surface area contributed by atoms with Crippen molar-refractivity contribution < 1.29 is 23.0 Å². The SMILES string of the molecule is CCOc1ncc(-c2ccn3nc(N)nc3c2)cc1C(=O)NCc1ccccc1OC(F)F. The van der Waals surface area contributed by atoms with Crippen LogP contribution in [0.5, 0.6) is 11.6 Å². The summed E-state index contributed by atoms with van der Waals surface area (Å²) in [5.41, 5.74) is 8.18. The molecule has 9 nitrogen and oxygen atoms in total. The van der Waals surface area contributed by atoms with E-state index in [1.165, 1.54) is 10.6 Å². The fraction of sp³-hybridized carbons (Fsp3) is 0.182. The molecule has 0 radical (unpaired) electrons. The monoisotopic (exact) mass is 454 g/mol. The predicted octanol–water partition coefficient (Wildman–Crippen LogP) is 3.30. The molecule has 0 fully saturated rings. The topological polar surface area (TPSA) is 117 Å². The Morgan fingerprint density at radius 2 is 2.03 bits per heavy atom. The summed E-state index contributed by atoms with van der Waals surface area (Å²) in [6.07, 6.45) is 3.28. The highest BCUT2D eigenvalue weighted by atomic mass is 19.3. The number of pyridine rings is 2. The fourth-order valence-electron chi connectivity index (χ4n) is 3.23. The second-order valence-corrected chi connectivity index (χ2v) is 6.87. The van der Waals surface area contributed by atoms with Gasteiger partial charge in [0, 0.05) is 30.1 Å². The van der Waals surface area contributed by atoms with Crippen LogP contribution in [0.15, 0.2) is 54.9 Å². The predicted molar refractivity (Wildman–Crippen MR) is 116 cm³/mol. The van der Waals surface area contributed by atoms with Crippen LogP contribution in [0.2, 0.25) is 0 Å². The first-order chi connectivity index (χ1) is 15.9. The first-order valence-electron chi connectivity index (χ1n) is 10.0. The van der Waals surface area contributed by atoms with Crippen LogP contribution in [-0.2, 0) is 6.54 Å². The lowest BCUT2D eigenvalue weighted by Gasteiger charge is -2.13. The molecule has 0 bridgehead atoms. The van der Waals surface area contributed by atoms with Crippen molar-refractivity contribution in [3.8, 4) is 22.8 Å². The molecule has 0 atom stereocenters. The van der Waals surface area contributed by atoms with Gasteiger partial charge in [-0.25, -0.2) is 9.50 Å². The number of hydrogen-bond acceptors (Lipinski definition) is 7. The van der Waals surface area contributed by atoms with Gasteiger partial charge in [0.25, 0.3) is 5.91 Å². The second kappa shape index (κ2) is 9.47. The zero-order chi connectivity index (χ0) is 23.4. The maximum Gasteiger partial charge on any atom is 0.387 e. The Kier molecular flexibility index (Phi) is 6.29. The molecule has 0 aliphatic rings. The summed E-state index contributed by atoms with van der Waals surface area (Å²) in [4.78, 5) is 21.4. The molecule has 3 aromatic heterocycles. The van der Waals surface area contributed by atoms with E-state index >= 15 is 0 Å². The van der Waals surface area contributed by atoms with E-state index < -0.39 is 12.5 Å². The minimum atomic E-state index is -2.97. The van der Waals surface area contributed by atoms with E-state index in [1.807, 2.05) is 0 Å². The third kappa shape index (κ3) is 4.97. The number of benzene rings is 1. The van der Waals surface area contributed by atoms with Gasteiger partial charge >= 0.3 is 6.61 Å². The first kappa shape index (κ1) is 21.9. The molecular weight excluding hydrogens is 434 g/mol. The molecule has 3 N–H and O–H groups in total. The van der Waals surface area contributed by atoms with Crippen LogP contribution in [0.1, 0.15) is 22.8 Å². The van der Waals surface area contributed by atoms with E-state index in [0.717, 1.165) is 5.56 Å². The fourth-order valence-corrected chi connectivity index (χ4v) is 3.23. The number of fused-ring (bicyclic) bond motifs is 1. The van der Waals surface area contributed by atoms with Gasteiger partial charge in [0.15, 0.2) is 5.65 Å². The van der Waals surface area contributed by atoms with Crippen LogP contribution in [0.4, 0.5) is 14.7 Å². The van der Waals surface area contributed by atoms with Gasteiger partial charge in [-0.15, -0.1) is 5.10 Å². The molecule has 4 aromatic rings. The first-order valence-corrected chi connectivity index (χ1v) is 10.0. The molecule has 3 heterocycles. The molecular formula is C22H20F2N6O3. The molecule has 0 aliphatic heterocycles. The van der Waals surface area contributed by atoms with Gasteiger partial charge in [-0.1, -0.05) is 18.2 Å². The normalized spacial score (nSPS) is 11.0. The summed E-state index contributed by atoms with van der Waals surface area (Å²) in [7, 11) is 0. The third-order valence-electron chi connectivity index (χ3n) is 4.69. The number of nitrogen functional groups attached to an aromatic ring is 1. The number of para-hydroxylation sites is 1. The number of amides is 1. The highest BCUT2D eigenvalue weighted by Crippen LogP contribution is 2.26. The minimum Gasteiger partial charge on any atom is -0.477 e. The van der Waals surface area contributed by atoms with Crippen LogP contribution < -0.4 is 20.5 Å². The highest BCUT2D eigenvalue weighted by molar-refractivity contribution is 5.97. The molecule has 0 saturated carbocycles. The number of ether oxygens (including phenoxy) is 2. The number of carbonyl (C=O) groups excluding carboxylic acids is 1. The van der Waals surface area contributed by atoms with Crippen molar-refractivity contribution in [1.29, 1.82) is 0 Å². The van der Waals surface area contributed by atoms with E-state index in [4.69, 9.17) is 10.5 Å². The summed E-state index contributed by atoms with van der Waals surface area (Å²) in [6.45, 7) is -0.908. The molecule has 0 spiro atoms. The van der Waals surface area contributed by atoms with Gasteiger partial charge in [-0.05, 0) is 36.8 Å². The number of hydrogen-bond donors (Lipinski definition) is 2. The summed E-state index contributed by atoms with van der Waals surface area (Å²) >= 11 is 0. The number of nitrogens with two attached hydrogens (primary N) is 1. The zero-order valence-electron chi connectivity index (χ0n) is 17.5. The summed E-state index contributed by atoms with van der Waals surface area (Å²) < 4.78 is 36.9. The molecule has 0 unspecified atom stereocenters. The standard InChI is InChI=1S/C22H20F2N6O3/c1-2-32-20-16(19(31)26-11-14-5-3-4-6-17(14)33-21(23)24)9-15(12-27-20)13-7-8-30-18(10-13)28-22(25)29-30/h3-10,12,21H,2,11H2,1H3,(H2,25,29)(H,26,31). The lowest BCUT2D eigenvalue weighted by Crippen LogP contribution is -2.24. The average Bonchev–Trinajstić information content (AvgIpc) is 3.17. The van der Waals surface area contributed by atoms with Crippen molar-refractivity contribution in [2.75, 3.05) is 12.3 Å². The molecule has 33 heavy (non-hydrogen) atoms. The van der Waals surface area contributed by atoms with Crippen LogP contribution in [0, 0.1) is 0 Å². The van der Waals surface area contributed by atoms with Crippen molar-refractivity contribution in [2.24, 2.45) is 0 Å². The van der Waals surface area contributed by atoms with Gasteiger partial charge in [0.1, 0.15) is 11.3 Å². The maximum atomic E-state index is 13.0. The van der Waals surface area contributed by atoms with Crippen LogP contribution in [0.25, 0.3) is 16.8 Å². The largest absolute Gasteiger partial charge is 0.477 e. The van der Waals surface area contributed by atoms with Gasteiger partial charge in [0.2, 0.25) is 11.8 Å². The smallest absolute Gasteiger partial charge is 0.387 e. The quantitative estimate of drug-likeness (QED) is 0.420. The number of nitrogens with zero attached hydrogens (tertiary/aromatic N) is 4. The number of halogens is 2. The summed E-state index contributed by atoms with van der Waals surface area (Å²) in [5, 5.41) is 6.75. The van der Waals surface area contributed by atoms with Crippen molar-refractivity contribution in [1.82, 2.24) is 24.9 Å². The number of rotatable bonds is 8. The lowest BCUT2D eigenvalue weighted by atomic mass is 10.1. The summed E-state index contributed by atoms with van der Waals surface area (Å²) in [6, 6.07) is 11.4. The molecule has 1 amide bonds. The lowest BCUT2D eigenvalue weighted by molar-refractivity contribution is -0.0504. The Hall–Kier alpha value is -4.28. The van der Waals surface area contributed by atoms with E-state index in [2.05, 4.69) is 25.1 Å². The zero-order valence-corrected chi connectivity index (χ0v) is 17.5. The highest BCUT2D eigenvalue weighted by Gasteiger charge is 2.17. The van der Waals surface area contributed by atoms with Crippen molar-refractivity contribution in [2.45, 2.75) is 20.1 Å². The van der Waals surface area contributed by atoms with Gasteiger partial charge in [0.05, 0.1) is 6.61 Å². The minimum absolute atomic E-state index is 0.00871. The Labute approximate surface area is 187 Å². The third-order valence-corrected chi connectivity index (χ3v) is 4.69. The van der Waals surface area contributed by atoms with E-state index in [1.54, 1.807) is 55.7 Å². The number of alkyl halides is 2. The number of nitrogens with one attached hydrogen (secondary N) is 1. The van der Waals surface area contributed by atoms with Gasteiger partial charge < -0.3 is 20.5 Å². The Morgan fingerprint density at radius 1 is 1.21 bits per heavy atom. The molecule has 0 saturated heterocycles. The Balaban J connectivity index is 1.61. The molecule has 1 aromatic carbocycles. The molecule has 0 aliphatic carbocycles. The molecule has 4 rings (SSSR count). The van der Waals surface area contributed by atoms with E-state index in [-0.39, 0.29) is 29.7 Å². The number of aromatic nitrogens is 4. The van der Waals surface area contributed by atoms with Crippen LogP contribution in [-0.4, -0.2) is 38.7 Å². The van der Waals surface area contributed by atoms with Crippen molar-refractivity contribution in [3.63, 3.8) is 0 Å². The molecule has 11 heteroatoms. The Morgan fingerprint density at radius 3 is 2.82 bits per heavy atom. The van der Waals surface area contributed by atoms with Crippen molar-refractivity contribution >= 4 is 17.5 Å². The Bertz CT molecular complexity index is 1290. The van der Waals surface area contributed by atoms with Crippen LogP contribution >= 0.6 is 0 Å². The van der Waals surface area contributed by atoms with Gasteiger partial charge in [-0.3, -0.25) is 4.79 Å². The maximum absolute atomic E-state index is 13.0. The van der Waals surface area contributed by atoms with Crippen LogP contribution in [0.3, 0.4) is 0 Å². The van der Waals surface area contributed by atoms with E-state index in [9.17, 15) is 13.6 Å². The second-order valence-electron chi connectivity index (χ2n) is 6.87. The summed E-state index contributed by atoms with van der Waals surface area (Å²) in [5.74, 6) is -0.185. The van der Waals surface area contributed by atoms with Gasteiger partial charge in [-0.2, -0.15) is 13.8 Å². The van der Waals surface area contributed by atoms with E-state index in [0.29, 0.717) is 23.4 Å². The number of anilines is 1. The molecule has 170 valence electrons. The van der Waals surface area contributed by atoms with Crippen molar-refractivity contribution in [3.05, 3.63) is 66.0 Å². The number of carbonyl (C=O) groups is 1. The average molecular weight is 454 g/mol.